The van der Waals surface area contributed by atoms with Crippen LogP contribution in [0.15, 0.2) is 17.3 Å². The molecule has 0 aliphatic rings. The van der Waals surface area contributed by atoms with Gasteiger partial charge >= 0.3 is 0 Å². The smallest absolute Gasteiger partial charge is 0.246 e. The number of rotatable bonds is 4. The number of hydrogen-bond acceptors (Lipinski definition) is 5. The molecule has 9 heteroatoms. The summed E-state index contributed by atoms with van der Waals surface area (Å²) in [6, 6.07) is 0. The quantitative estimate of drug-likeness (QED) is 0.750. The number of likely N-dealkylation sites (N-methyl/N-ethyl adjacent to an activating group) is 2. The highest BCUT2D eigenvalue weighted by Crippen LogP contribution is 2.12. The summed E-state index contributed by atoms with van der Waals surface area (Å²) < 4.78 is 24.7. The van der Waals surface area contributed by atoms with Gasteiger partial charge in [-0.15, -0.1) is 0 Å². The van der Waals surface area contributed by atoms with Gasteiger partial charge in [-0.05, 0) is 11.6 Å². The van der Waals surface area contributed by atoms with Crippen molar-refractivity contribution < 1.29 is 13.2 Å². The molecule has 0 fully saturated rings. The van der Waals surface area contributed by atoms with Crippen molar-refractivity contribution in [3.05, 3.63) is 17.7 Å². The van der Waals surface area contributed by atoms with Crippen molar-refractivity contribution in [1.29, 1.82) is 0 Å². The molecular weight excluding hydrogens is 268 g/mol. The Labute approximate surface area is 104 Å². The molecule has 1 aromatic heterocycles. The van der Waals surface area contributed by atoms with E-state index in [1.165, 1.54) is 14.1 Å². The van der Waals surface area contributed by atoms with Crippen molar-refractivity contribution >= 4 is 27.5 Å². The van der Waals surface area contributed by atoms with Crippen molar-refractivity contribution in [2.75, 3.05) is 20.6 Å². The van der Waals surface area contributed by atoms with Crippen LogP contribution in [0.3, 0.4) is 0 Å². The predicted octanol–water partition coefficient (Wildman–Crippen LogP) is -0.504. The van der Waals surface area contributed by atoms with E-state index in [-0.39, 0.29) is 16.7 Å². The highest BCUT2D eigenvalue weighted by molar-refractivity contribution is 7.89. The highest BCUT2D eigenvalue weighted by atomic mass is 35.5. The molecular formula is C8H11ClN4O3S. The van der Waals surface area contributed by atoms with Gasteiger partial charge < -0.3 is 5.32 Å². The van der Waals surface area contributed by atoms with Crippen molar-refractivity contribution in [3.63, 3.8) is 0 Å². The predicted molar refractivity (Wildman–Crippen MR) is 60.9 cm³/mol. The number of amides is 1. The van der Waals surface area contributed by atoms with E-state index in [1.54, 1.807) is 0 Å². The molecule has 7 nitrogen and oxygen atoms in total. The Morgan fingerprint density at radius 1 is 1.47 bits per heavy atom. The zero-order chi connectivity index (χ0) is 13.1. The highest BCUT2D eigenvalue weighted by Gasteiger charge is 2.23. The van der Waals surface area contributed by atoms with Crippen molar-refractivity contribution in [3.8, 4) is 0 Å². The Bertz CT molecular complexity index is 502. The minimum Gasteiger partial charge on any atom is -0.358 e. The van der Waals surface area contributed by atoms with Gasteiger partial charge in [-0.25, -0.2) is 18.4 Å². The van der Waals surface area contributed by atoms with Gasteiger partial charge in [-0.2, -0.15) is 4.31 Å². The first-order valence-corrected chi connectivity index (χ1v) is 6.34. The van der Waals surface area contributed by atoms with Crippen molar-refractivity contribution in [2.24, 2.45) is 0 Å². The average Bonchev–Trinajstić information content (AvgIpc) is 2.29. The summed E-state index contributed by atoms with van der Waals surface area (Å²) in [6.45, 7) is -0.276. The second kappa shape index (κ2) is 5.39. The zero-order valence-corrected chi connectivity index (χ0v) is 10.8. The second-order valence-electron chi connectivity index (χ2n) is 3.12. The van der Waals surface area contributed by atoms with Crippen molar-refractivity contribution in [2.45, 2.75) is 4.90 Å². The maximum Gasteiger partial charge on any atom is 0.246 e. The number of carbonyl (C=O) groups excluding carboxylic acids is 1. The molecule has 0 saturated heterocycles. The normalized spacial score (nSPS) is 11.5. The van der Waals surface area contributed by atoms with Crippen LogP contribution < -0.4 is 5.32 Å². The summed E-state index contributed by atoms with van der Waals surface area (Å²) in [4.78, 5) is 18.1. The molecule has 1 rings (SSSR count). The van der Waals surface area contributed by atoms with Crippen LogP contribution in [0, 0.1) is 0 Å². The largest absolute Gasteiger partial charge is 0.358 e. The minimum absolute atomic E-state index is 0.0436. The molecule has 17 heavy (non-hydrogen) atoms. The molecule has 1 N–H and O–H groups in total. The number of halogens is 1. The van der Waals surface area contributed by atoms with Gasteiger partial charge in [-0.1, -0.05) is 0 Å². The molecule has 1 aromatic rings. The third-order valence-corrected chi connectivity index (χ3v) is 3.90. The number of nitrogens with zero attached hydrogens (tertiary/aromatic N) is 3. The Kier molecular flexibility index (Phi) is 4.38. The van der Waals surface area contributed by atoms with Crippen LogP contribution in [0.2, 0.25) is 5.28 Å². The van der Waals surface area contributed by atoms with E-state index in [2.05, 4.69) is 15.3 Å². The topological polar surface area (TPSA) is 92.3 Å². The van der Waals surface area contributed by atoms with Crippen LogP contribution in [-0.2, 0) is 14.8 Å². The first kappa shape index (κ1) is 13.8. The number of hydrogen-bond donors (Lipinski definition) is 1. The van der Waals surface area contributed by atoms with E-state index in [4.69, 9.17) is 11.6 Å². The molecule has 1 heterocycles. The van der Waals surface area contributed by atoms with E-state index in [0.717, 1.165) is 16.7 Å². The molecule has 0 radical (unpaired) electrons. The van der Waals surface area contributed by atoms with E-state index in [9.17, 15) is 13.2 Å². The van der Waals surface area contributed by atoms with Gasteiger partial charge in [0.05, 0.1) is 18.9 Å². The lowest BCUT2D eigenvalue weighted by atomic mass is 10.6. The molecule has 0 spiro atoms. The molecule has 0 bridgehead atoms. The second-order valence-corrected chi connectivity index (χ2v) is 5.51. The van der Waals surface area contributed by atoms with Crippen molar-refractivity contribution in [1.82, 2.24) is 19.6 Å². The lowest BCUT2D eigenvalue weighted by Gasteiger charge is -2.15. The van der Waals surface area contributed by atoms with Crippen LogP contribution >= 0.6 is 11.6 Å². The van der Waals surface area contributed by atoms with E-state index in [0.29, 0.717) is 0 Å². The molecule has 0 unspecified atom stereocenters. The minimum atomic E-state index is -3.77. The third kappa shape index (κ3) is 3.35. The first-order chi connectivity index (χ1) is 7.87. The maximum absolute atomic E-state index is 11.9. The van der Waals surface area contributed by atoms with Gasteiger partial charge in [0.2, 0.25) is 21.2 Å². The Balaban J connectivity index is 2.95. The van der Waals surface area contributed by atoms with E-state index >= 15 is 0 Å². The van der Waals surface area contributed by atoms with Crippen LogP contribution in [0.1, 0.15) is 0 Å². The molecule has 94 valence electrons. The fraction of sp³-hybridized carbons (Fsp3) is 0.375. The fourth-order valence-electron chi connectivity index (χ4n) is 0.980. The van der Waals surface area contributed by atoms with Crippen LogP contribution in [0.5, 0.6) is 0 Å². The summed E-state index contributed by atoms with van der Waals surface area (Å²) in [5, 5.41) is 2.29. The summed E-state index contributed by atoms with van der Waals surface area (Å²) in [5.41, 5.74) is 0. The molecule has 0 aliphatic heterocycles. The number of aromatic nitrogens is 2. The first-order valence-electron chi connectivity index (χ1n) is 4.52. The zero-order valence-electron chi connectivity index (χ0n) is 9.21. The van der Waals surface area contributed by atoms with E-state index < -0.39 is 15.9 Å². The van der Waals surface area contributed by atoms with Gasteiger partial charge in [0.25, 0.3) is 0 Å². The Morgan fingerprint density at radius 3 is 2.47 bits per heavy atom. The molecule has 1 amide bonds. The summed E-state index contributed by atoms with van der Waals surface area (Å²) in [5.74, 6) is -0.411. The van der Waals surface area contributed by atoms with E-state index in [1.807, 2.05) is 0 Å². The van der Waals surface area contributed by atoms with Crippen LogP contribution in [-0.4, -0.2) is 49.2 Å². The molecule has 0 aromatic carbocycles. The number of carbonyl (C=O) groups is 1. The SMILES string of the molecule is CNC(=O)CN(C)S(=O)(=O)c1cnc(Cl)nc1. The molecule has 0 aliphatic carbocycles. The Hall–Kier alpha value is -1.25. The summed E-state index contributed by atoms with van der Waals surface area (Å²) in [6.07, 6.45) is 2.18. The van der Waals surface area contributed by atoms with Crippen LogP contribution in [0.25, 0.3) is 0 Å². The summed E-state index contributed by atoms with van der Waals surface area (Å²) >= 11 is 5.45. The lowest BCUT2D eigenvalue weighted by Crippen LogP contribution is -2.36. The third-order valence-electron chi connectivity index (χ3n) is 1.95. The molecule has 0 saturated carbocycles. The van der Waals surface area contributed by atoms with Gasteiger partial charge in [0.1, 0.15) is 4.90 Å². The Morgan fingerprint density at radius 2 is 2.00 bits per heavy atom. The summed E-state index contributed by atoms with van der Waals surface area (Å²) in [7, 11) is -1.06. The lowest BCUT2D eigenvalue weighted by molar-refractivity contribution is -0.120. The van der Waals surface area contributed by atoms with Gasteiger partial charge in [-0.3, -0.25) is 4.79 Å². The van der Waals surface area contributed by atoms with Gasteiger partial charge in [0.15, 0.2) is 0 Å². The maximum atomic E-state index is 11.9. The monoisotopic (exact) mass is 278 g/mol. The average molecular weight is 279 g/mol. The fourth-order valence-corrected chi connectivity index (χ4v) is 2.10. The van der Waals surface area contributed by atoms with Crippen LogP contribution in [0.4, 0.5) is 0 Å². The van der Waals surface area contributed by atoms with Gasteiger partial charge in [0, 0.05) is 14.1 Å². The molecule has 0 atom stereocenters. The number of nitrogens with one attached hydrogen (secondary N) is 1. The standard InChI is InChI=1S/C8H11ClN4O3S/c1-10-7(14)5-13(2)17(15,16)6-3-11-8(9)12-4-6/h3-4H,5H2,1-2H3,(H,10,14). The number of sulfonamides is 1.